The number of carboxylic acid groups (broad SMARTS) is 2. The van der Waals surface area contributed by atoms with E-state index in [1.165, 1.54) is 12.7 Å². The first kappa shape index (κ1) is 25.8. The highest BCUT2D eigenvalue weighted by molar-refractivity contribution is 5.63. The second kappa shape index (κ2) is 9.99. The van der Waals surface area contributed by atoms with E-state index in [9.17, 15) is 15.0 Å². The quantitative estimate of drug-likeness (QED) is 0.460. The Hall–Kier alpha value is -1.47. The molecule has 4 aliphatic carbocycles. The largest absolute Gasteiger partial charge is 0.481 e. The van der Waals surface area contributed by atoms with Crippen LogP contribution in [0.3, 0.4) is 0 Å². The maximum Gasteiger partial charge on any atom is 0.300 e. The summed E-state index contributed by atoms with van der Waals surface area (Å²) in [4.78, 5) is 30.4. The van der Waals surface area contributed by atoms with Crippen LogP contribution in [0.1, 0.15) is 79.1 Å². The fourth-order valence-corrected chi connectivity index (χ4v) is 7.66. The lowest BCUT2D eigenvalue weighted by Gasteiger charge is -2.61. The van der Waals surface area contributed by atoms with Crippen molar-refractivity contribution in [3.8, 4) is 0 Å². The normalized spacial score (nSPS) is 45.3. The van der Waals surface area contributed by atoms with E-state index >= 15 is 0 Å². The molecule has 7 heteroatoms. The molecular weight excluding hydrogens is 400 g/mol. The van der Waals surface area contributed by atoms with Crippen LogP contribution in [0, 0.1) is 40.4 Å². The van der Waals surface area contributed by atoms with E-state index in [4.69, 9.17) is 19.8 Å². The number of carbonyl (C=O) groups is 3. The van der Waals surface area contributed by atoms with Gasteiger partial charge in [0.25, 0.3) is 11.9 Å². The third kappa shape index (κ3) is 4.98. The minimum Gasteiger partial charge on any atom is -0.481 e. The van der Waals surface area contributed by atoms with Crippen molar-refractivity contribution in [1.29, 1.82) is 0 Å². The second-order valence-electron chi connectivity index (χ2n) is 10.5. The van der Waals surface area contributed by atoms with Crippen molar-refractivity contribution in [2.75, 3.05) is 0 Å². The van der Waals surface area contributed by atoms with Crippen molar-refractivity contribution in [2.24, 2.45) is 40.4 Å². The average Bonchev–Trinajstić information content (AvgIpc) is 2.95. The smallest absolute Gasteiger partial charge is 0.300 e. The number of aldehydes is 1. The minimum absolute atomic E-state index is 0.0789. The van der Waals surface area contributed by atoms with Gasteiger partial charge in [0.2, 0.25) is 0 Å². The van der Waals surface area contributed by atoms with Crippen molar-refractivity contribution in [1.82, 2.24) is 0 Å². The molecule has 31 heavy (non-hydrogen) atoms. The highest BCUT2D eigenvalue weighted by Gasteiger charge is 2.63. The van der Waals surface area contributed by atoms with Gasteiger partial charge in [0.15, 0.2) is 0 Å². The first-order valence-electron chi connectivity index (χ1n) is 11.6. The van der Waals surface area contributed by atoms with Gasteiger partial charge >= 0.3 is 0 Å². The van der Waals surface area contributed by atoms with E-state index in [1.54, 1.807) is 0 Å². The number of rotatable bonds is 1. The molecule has 9 atom stereocenters. The molecule has 4 N–H and O–H groups in total. The van der Waals surface area contributed by atoms with E-state index in [2.05, 4.69) is 13.8 Å². The van der Waals surface area contributed by atoms with Crippen LogP contribution in [0.2, 0.25) is 0 Å². The Balaban J connectivity index is 0.000000370. The number of carboxylic acids is 2. The number of fused-ring (bicyclic) bond motifs is 5. The Morgan fingerprint density at radius 3 is 2.03 bits per heavy atom. The van der Waals surface area contributed by atoms with Crippen LogP contribution in [0.25, 0.3) is 0 Å². The second-order valence-corrected chi connectivity index (χ2v) is 10.5. The molecule has 0 aromatic carbocycles. The lowest BCUT2D eigenvalue weighted by molar-refractivity contribution is -0.169. The summed E-state index contributed by atoms with van der Waals surface area (Å²) in [5.41, 5.74) is -0.132. The van der Waals surface area contributed by atoms with E-state index in [0.29, 0.717) is 23.7 Å². The number of aliphatic carboxylic acids is 2. The van der Waals surface area contributed by atoms with E-state index in [-0.39, 0.29) is 29.0 Å². The van der Waals surface area contributed by atoms with Gasteiger partial charge in [0.05, 0.1) is 12.2 Å². The molecule has 0 heterocycles. The van der Waals surface area contributed by atoms with Crippen LogP contribution in [0.15, 0.2) is 0 Å². The van der Waals surface area contributed by atoms with Crippen molar-refractivity contribution >= 4 is 18.2 Å². The molecule has 0 aromatic rings. The lowest BCUT2D eigenvalue weighted by atomic mass is 9.42. The Kier molecular flexibility index (Phi) is 8.31. The van der Waals surface area contributed by atoms with Crippen LogP contribution < -0.4 is 0 Å². The van der Waals surface area contributed by atoms with Crippen molar-refractivity contribution in [3.05, 3.63) is 0 Å². The summed E-state index contributed by atoms with van der Waals surface area (Å²) in [6, 6.07) is 0. The fraction of sp³-hybridized carbons (Fsp3) is 0.875. The molecule has 0 radical (unpaired) electrons. The first-order chi connectivity index (χ1) is 14.4. The molecule has 178 valence electrons. The summed E-state index contributed by atoms with van der Waals surface area (Å²) in [5, 5.41) is 35.5. The molecular formula is C24H40O7. The summed E-state index contributed by atoms with van der Waals surface area (Å²) in [6.45, 7) is 6.66. The molecule has 4 saturated carbocycles. The van der Waals surface area contributed by atoms with Gasteiger partial charge in [-0.25, -0.2) is 0 Å². The summed E-state index contributed by atoms with van der Waals surface area (Å²) < 4.78 is 0. The van der Waals surface area contributed by atoms with Crippen LogP contribution in [0.5, 0.6) is 0 Å². The van der Waals surface area contributed by atoms with Gasteiger partial charge in [-0.2, -0.15) is 0 Å². The molecule has 0 unspecified atom stereocenters. The van der Waals surface area contributed by atoms with Gasteiger partial charge < -0.3 is 25.2 Å². The Labute approximate surface area is 185 Å². The van der Waals surface area contributed by atoms with Crippen molar-refractivity contribution < 1.29 is 34.8 Å². The summed E-state index contributed by atoms with van der Waals surface area (Å²) in [7, 11) is 0. The third-order valence-electron chi connectivity index (χ3n) is 8.82. The fourth-order valence-electron chi connectivity index (χ4n) is 7.66. The first-order valence-corrected chi connectivity index (χ1v) is 11.6. The number of hydrogen-bond donors (Lipinski definition) is 4. The predicted molar refractivity (Wildman–Crippen MR) is 115 cm³/mol. The third-order valence-corrected chi connectivity index (χ3v) is 8.82. The molecule has 0 bridgehead atoms. The maximum absolute atomic E-state index is 12.4. The van der Waals surface area contributed by atoms with E-state index in [0.717, 1.165) is 58.8 Å². The zero-order valence-corrected chi connectivity index (χ0v) is 19.3. The highest BCUT2D eigenvalue weighted by Crippen LogP contribution is 2.66. The monoisotopic (exact) mass is 440 g/mol. The number of aliphatic hydroxyl groups is 2. The van der Waals surface area contributed by atoms with Gasteiger partial charge in [-0.05, 0) is 86.4 Å². The summed E-state index contributed by atoms with van der Waals surface area (Å²) in [5.74, 6) is 0.663. The zero-order chi connectivity index (χ0) is 23.6. The van der Waals surface area contributed by atoms with Crippen LogP contribution >= 0.6 is 0 Å². The molecule has 0 aromatic heterocycles. The highest BCUT2D eigenvalue weighted by atomic mass is 16.4. The van der Waals surface area contributed by atoms with Crippen molar-refractivity contribution in [3.63, 3.8) is 0 Å². The topological polar surface area (TPSA) is 132 Å². The molecule has 4 aliphatic rings. The van der Waals surface area contributed by atoms with Gasteiger partial charge in [-0.1, -0.05) is 13.8 Å². The standard InChI is InChI=1S/C20H32O3.2C2H4O2/c1-12-9-14(22)10-13-3-4-15-16-5-6-18(23)19(16,2)8-7-17(15)20(12,13)11-21;2*1-2(3)4/h11-18,22-23H,3-10H2,1-2H3;2*1H3,(H,3,4)/t12-,13+,14+,15+,16+,17+,18+,19+,20+;;/m1../s1. The van der Waals surface area contributed by atoms with Crippen LogP contribution in [-0.2, 0) is 14.4 Å². The lowest BCUT2D eigenvalue weighted by Crippen LogP contribution is -2.59. The molecule has 0 aliphatic heterocycles. The molecule has 7 nitrogen and oxygen atoms in total. The minimum atomic E-state index is -0.833. The van der Waals surface area contributed by atoms with Crippen LogP contribution in [-0.4, -0.2) is 50.9 Å². The van der Waals surface area contributed by atoms with Gasteiger partial charge in [0, 0.05) is 19.3 Å². The molecule has 0 amide bonds. The molecule has 0 saturated heterocycles. The van der Waals surface area contributed by atoms with Crippen LogP contribution in [0.4, 0.5) is 0 Å². The number of aliphatic hydroxyl groups excluding tert-OH is 2. The van der Waals surface area contributed by atoms with Gasteiger partial charge in [0.1, 0.15) is 6.29 Å². The molecule has 4 rings (SSSR count). The number of hydrogen-bond acceptors (Lipinski definition) is 5. The average molecular weight is 441 g/mol. The Morgan fingerprint density at radius 1 is 0.903 bits per heavy atom. The maximum atomic E-state index is 12.4. The molecule has 0 spiro atoms. The van der Waals surface area contributed by atoms with Crippen molar-refractivity contribution in [2.45, 2.75) is 91.3 Å². The Bertz CT molecular complexity index is 644. The van der Waals surface area contributed by atoms with E-state index < -0.39 is 11.9 Å². The summed E-state index contributed by atoms with van der Waals surface area (Å²) in [6.07, 6.45) is 9.04. The predicted octanol–water partition coefficient (Wildman–Crippen LogP) is 3.36. The zero-order valence-electron chi connectivity index (χ0n) is 19.3. The molecule has 4 fully saturated rings. The Morgan fingerprint density at radius 2 is 1.48 bits per heavy atom. The number of carbonyl (C=O) groups excluding carboxylic acids is 1. The van der Waals surface area contributed by atoms with Gasteiger partial charge in [-0.3, -0.25) is 9.59 Å². The SMILES string of the molecule is CC(=O)O.CC(=O)O.C[C@@H]1C[C@H](O)C[C@@H]2CC[C@H]3[C@@H]4CC[C@H](O)[C@@]4(C)CC[C@@H]3[C@]21C=O. The van der Waals surface area contributed by atoms with E-state index in [1.807, 2.05) is 0 Å². The summed E-state index contributed by atoms with van der Waals surface area (Å²) >= 11 is 0. The van der Waals surface area contributed by atoms with Gasteiger partial charge in [-0.15, -0.1) is 0 Å².